The summed E-state index contributed by atoms with van der Waals surface area (Å²) in [6.07, 6.45) is 4.39. The second-order valence-corrected chi connectivity index (χ2v) is 7.83. The summed E-state index contributed by atoms with van der Waals surface area (Å²) in [6.45, 7) is 6.66. The average molecular weight is 562 g/mol. The molecule has 2 heterocycles. The zero-order valence-electron chi connectivity index (χ0n) is 19.2. The minimum Gasteiger partial charge on any atom is -0.494 e. The smallest absolute Gasteiger partial charge is 0.191 e. The minimum atomic E-state index is 0. The van der Waals surface area contributed by atoms with Gasteiger partial charge in [0.1, 0.15) is 30.3 Å². The lowest BCUT2D eigenvalue weighted by Gasteiger charge is -2.16. The van der Waals surface area contributed by atoms with Gasteiger partial charge in [0.05, 0.1) is 13.2 Å². The molecule has 1 aliphatic rings. The van der Waals surface area contributed by atoms with Crippen LogP contribution in [-0.2, 0) is 26.1 Å². The first-order chi connectivity index (χ1) is 15.6. The zero-order valence-corrected chi connectivity index (χ0v) is 21.6. The van der Waals surface area contributed by atoms with Crippen LogP contribution in [0.2, 0.25) is 0 Å². The summed E-state index contributed by atoms with van der Waals surface area (Å²) in [7, 11) is 1.77. The number of ether oxygens (including phenoxy) is 2. The van der Waals surface area contributed by atoms with Crippen molar-refractivity contribution in [3.8, 4) is 11.5 Å². The van der Waals surface area contributed by atoms with Gasteiger partial charge in [0.15, 0.2) is 5.96 Å². The number of halogens is 1. The van der Waals surface area contributed by atoms with Gasteiger partial charge in [-0.25, -0.2) is 9.67 Å². The van der Waals surface area contributed by atoms with Gasteiger partial charge in [0, 0.05) is 37.7 Å². The van der Waals surface area contributed by atoms with E-state index in [1.54, 1.807) is 19.7 Å². The van der Waals surface area contributed by atoms with Crippen molar-refractivity contribution in [2.24, 2.45) is 4.99 Å². The Hall–Kier alpha value is -2.82. The first-order valence-corrected chi connectivity index (χ1v) is 10.9. The Morgan fingerprint density at radius 1 is 1.21 bits per heavy atom. The molecule has 1 atom stereocenters. The van der Waals surface area contributed by atoms with Gasteiger partial charge in [-0.2, -0.15) is 5.10 Å². The molecule has 0 saturated heterocycles. The first-order valence-electron chi connectivity index (χ1n) is 10.9. The standard InChI is InChI=1S/C24H30N6O2.HI/c1-4-31-22-10-20-8-17(2)32-23(20)11-21(22)13-28-24(25-3)27-12-18-6-5-7-19(9-18)14-30-16-26-15-29-30;/h5-7,9-11,15-17H,4,8,12-14H2,1-3H3,(H2,25,27,28);1H. The molecule has 1 aliphatic heterocycles. The van der Waals surface area contributed by atoms with Crippen molar-refractivity contribution in [1.29, 1.82) is 0 Å². The van der Waals surface area contributed by atoms with Gasteiger partial charge in [0.2, 0.25) is 0 Å². The third-order valence-electron chi connectivity index (χ3n) is 5.31. The number of rotatable bonds is 8. The second-order valence-electron chi connectivity index (χ2n) is 7.83. The molecular weight excluding hydrogens is 531 g/mol. The van der Waals surface area contributed by atoms with E-state index in [1.807, 2.05) is 11.6 Å². The van der Waals surface area contributed by atoms with Gasteiger partial charge in [0.25, 0.3) is 0 Å². The third kappa shape index (κ3) is 6.59. The molecule has 0 aliphatic carbocycles. The van der Waals surface area contributed by atoms with Crippen molar-refractivity contribution in [3.63, 3.8) is 0 Å². The Morgan fingerprint density at radius 3 is 2.79 bits per heavy atom. The van der Waals surface area contributed by atoms with Crippen LogP contribution in [0.3, 0.4) is 0 Å². The Balaban J connectivity index is 0.00000306. The number of hydrogen-bond acceptors (Lipinski definition) is 5. The van der Waals surface area contributed by atoms with Crippen LogP contribution in [0.5, 0.6) is 11.5 Å². The lowest BCUT2D eigenvalue weighted by atomic mass is 10.1. The number of aliphatic imine (C=N–C) groups is 1. The van der Waals surface area contributed by atoms with E-state index in [0.717, 1.165) is 29.4 Å². The zero-order chi connectivity index (χ0) is 22.3. The highest BCUT2D eigenvalue weighted by Crippen LogP contribution is 2.35. The lowest BCUT2D eigenvalue weighted by Crippen LogP contribution is -2.36. The molecule has 2 N–H and O–H groups in total. The van der Waals surface area contributed by atoms with E-state index in [-0.39, 0.29) is 30.1 Å². The molecule has 0 amide bonds. The van der Waals surface area contributed by atoms with Gasteiger partial charge in [-0.1, -0.05) is 24.3 Å². The van der Waals surface area contributed by atoms with Crippen LogP contribution < -0.4 is 20.1 Å². The molecule has 0 radical (unpaired) electrons. The third-order valence-corrected chi connectivity index (χ3v) is 5.31. The van der Waals surface area contributed by atoms with Gasteiger partial charge >= 0.3 is 0 Å². The summed E-state index contributed by atoms with van der Waals surface area (Å²) in [5, 5.41) is 10.9. The van der Waals surface area contributed by atoms with Gasteiger partial charge < -0.3 is 20.1 Å². The van der Waals surface area contributed by atoms with E-state index < -0.39 is 0 Å². The molecule has 0 fully saturated rings. The summed E-state index contributed by atoms with van der Waals surface area (Å²) in [4.78, 5) is 8.36. The Bertz CT molecular complexity index is 1070. The highest BCUT2D eigenvalue weighted by atomic mass is 127. The summed E-state index contributed by atoms with van der Waals surface area (Å²) < 4.78 is 13.6. The van der Waals surface area contributed by atoms with Gasteiger partial charge in [-0.05, 0) is 37.1 Å². The van der Waals surface area contributed by atoms with Crippen LogP contribution in [0.4, 0.5) is 0 Å². The SMILES string of the molecule is CCOc1cc2c(cc1CNC(=NC)NCc1cccc(Cn3cncn3)c1)OC(C)C2.I. The molecule has 1 aromatic heterocycles. The predicted molar refractivity (Wildman–Crippen MR) is 139 cm³/mol. The summed E-state index contributed by atoms with van der Waals surface area (Å²) >= 11 is 0. The summed E-state index contributed by atoms with van der Waals surface area (Å²) in [5.41, 5.74) is 4.60. The van der Waals surface area contributed by atoms with Gasteiger partial charge in [-0.15, -0.1) is 24.0 Å². The minimum absolute atomic E-state index is 0. The molecule has 176 valence electrons. The summed E-state index contributed by atoms with van der Waals surface area (Å²) in [5.74, 6) is 2.57. The normalized spacial score (nSPS) is 14.8. The van der Waals surface area contributed by atoms with Crippen LogP contribution >= 0.6 is 24.0 Å². The number of guanidine groups is 1. The van der Waals surface area contributed by atoms with Crippen molar-refractivity contribution in [1.82, 2.24) is 25.4 Å². The van der Waals surface area contributed by atoms with Crippen molar-refractivity contribution in [2.75, 3.05) is 13.7 Å². The van der Waals surface area contributed by atoms with Crippen molar-refractivity contribution < 1.29 is 9.47 Å². The molecule has 4 rings (SSSR count). The molecule has 8 nitrogen and oxygen atoms in total. The van der Waals surface area contributed by atoms with Crippen molar-refractivity contribution in [3.05, 3.63) is 71.3 Å². The van der Waals surface area contributed by atoms with Crippen molar-refractivity contribution >= 4 is 29.9 Å². The quantitative estimate of drug-likeness (QED) is 0.248. The topological polar surface area (TPSA) is 85.6 Å². The van der Waals surface area contributed by atoms with E-state index in [1.165, 1.54) is 16.7 Å². The highest BCUT2D eigenvalue weighted by Gasteiger charge is 2.21. The monoisotopic (exact) mass is 562 g/mol. The molecule has 2 aromatic carbocycles. The fraction of sp³-hybridized carbons (Fsp3) is 0.375. The number of nitrogens with one attached hydrogen (secondary N) is 2. The van der Waals surface area contributed by atoms with E-state index in [2.05, 4.69) is 69.0 Å². The average Bonchev–Trinajstić information content (AvgIpc) is 3.42. The molecule has 0 bridgehead atoms. The maximum absolute atomic E-state index is 5.93. The molecule has 33 heavy (non-hydrogen) atoms. The lowest BCUT2D eigenvalue weighted by molar-refractivity contribution is 0.254. The fourth-order valence-electron chi connectivity index (χ4n) is 3.83. The molecule has 9 heteroatoms. The molecular formula is C24H31IN6O2. The Kier molecular flexibility index (Phi) is 8.93. The first kappa shape index (κ1) is 24.8. The van der Waals surface area contributed by atoms with E-state index in [0.29, 0.717) is 26.2 Å². The number of aromatic nitrogens is 3. The summed E-state index contributed by atoms with van der Waals surface area (Å²) in [6, 6.07) is 12.6. The maximum Gasteiger partial charge on any atom is 0.191 e. The molecule has 3 aromatic rings. The van der Waals surface area contributed by atoms with Crippen molar-refractivity contribution in [2.45, 2.75) is 46.0 Å². The van der Waals surface area contributed by atoms with Crippen LogP contribution in [0.25, 0.3) is 0 Å². The Morgan fingerprint density at radius 2 is 2.03 bits per heavy atom. The highest BCUT2D eigenvalue weighted by molar-refractivity contribution is 14.0. The van der Waals surface area contributed by atoms with E-state index in [9.17, 15) is 0 Å². The number of nitrogens with zero attached hydrogens (tertiary/aromatic N) is 4. The molecule has 0 saturated carbocycles. The number of fused-ring (bicyclic) bond motifs is 1. The molecule has 0 spiro atoms. The van der Waals surface area contributed by atoms with Crippen LogP contribution in [0.15, 0.2) is 54.0 Å². The predicted octanol–water partition coefficient (Wildman–Crippen LogP) is 3.53. The van der Waals surface area contributed by atoms with E-state index in [4.69, 9.17) is 9.47 Å². The maximum atomic E-state index is 5.93. The Labute approximate surface area is 211 Å². The van der Waals surface area contributed by atoms with Gasteiger partial charge in [-0.3, -0.25) is 4.99 Å². The van der Waals surface area contributed by atoms with Crippen LogP contribution in [0.1, 0.15) is 36.1 Å². The van der Waals surface area contributed by atoms with E-state index >= 15 is 0 Å². The largest absolute Gasteiger partial charge is 0.494 e. The number of benzene rings is 2. The van der Waals surface area contributed by atoms with Crippen LogP contribution in [-0.4, -0.2) is 40.5 Å². The molecule has 1 unspecified atom stereocenters. The fourth-order valence-corrected chi connectivity index (χ4v) is 3.83. The van der Waals surface area contributed by atoms with Crippen LogP contribution in [0, 0.1) is 0 Å². The second kappa shape index (κ2) is 11.9. The number of hydrogen-bond donors (Lipinski definition) is 2.